The van der Waals surface area contributed by atoms with E-state index in [2.05, 4.69) is 15.1 Å². The van der Waals surface area contributed by atoms with E-state index in [0.717, 1.165) is 50.3 Å². The normalized spacial score (nSPS) is 21.4. The predicted octanol–water partition coefficient (Wildman–Crippen LogP) is 0.551. The molecule has 0 bridgehead atoms. The highest BCUT2D eigenvalue weighted by Crippen LogP contribution is 2.26. The Hall–Kier alpha value is -2.48. The van der Waals surface area contributed by atoms with Crippen molar-refractivity contribution in [2.24, 2.45) is 7.05 Å². The maximum absolute atomic E-state index is 11.9. The summed E-state index contributed by atoms with van der Waals surface area (Å²) < 4.78 is 3.31. The van der Waals surface area contributed by atoms with Gasteiger partial charge in [-0.3, -0.25) is 19.2 Å². The Bertz CT molecular complexity index is 842. The molecule has 0 N–H and O–H groups in total. The molecular weight excluding hydrogens is 320 g/mol. The Morgan fingerprint density at radius 2 is 2.08 bits per heavy atom. The molecule has 1 amide bonds. The Morgan fingerprint density at radius 3 is 2.84 bits per heavy atom. The van der Waals surface area contributed by atoms with Crippen LogP contribution in [0.25, 0.3) is 0 Å². The van der Waals surface area contributed by atoms with E-state index in [9.17, 15) is 9.59 Å². The van der Waals surface area contributed by atoms with Crippen LogP contribution < -0.4 is 10.5 Å². The van der Waals surface area contributed by atoms with Crippen LogP contribution in [0.1, 0.15) is 30.9 Å². The second-order valence-electron chi connectivity index (χ2n) is 6.83. The van der Waals surface area contributed by atoms with E-state index >= 15 is 0 Å². The van der Waals surface area contributed by atoms with Gasteiger partial charge in [0.25, 0.3) is 5.56 Å². The van der Waals surface area contributed by atoms with Gasteiger partial charge in [0.1, 0.15) is 0 Å². The van der Waals surface area contributed by atoms with Crippen LogP contribution in [0.2, 0.25) is 0 Å². The van der Waals surface area contributed by atoms with Crippen molar-refractivity contribution < 1.29 is 4.79 Å². The van der Waals surface area contributed by atoms with E-state index in [1.165, 1.54) is 4.68 Å². The van der Waals surface area contributed by atoms with Crippen LogP contribution in [0.5, 0.6) is 0 Å². The number of amides is 1. The molecule has 4 rings (SSSR count). The summed E-state index contributed by atoms with van der Waals surface area (Å²) in [4.78, 5) is 27.7. The number of likely N-dealkylation sites (tertiary alicyclic amines) is 1. The van der Waals surface area contributed by atoms with Crippen molar-refractivity contribution in [2.45, 2.75) is 31.8 Å². The van der Waals surface area contributed by atoms with Crippen LogP contribution >= 0.6 is 0 Å². The summed E-state index contributed by atoms with van der Waals surface area (Å²) in [6.07, 6.45) is 8.08. The van der Waals surface area contributed by atoms with Crippen molar-refractivity contribution in [2.75, 3.05) is 24.5 Å². The Kier molecular flexibility index (Phi) is 4.12. The quantitative estimate of drug-likeness (QED) is 0.811. The van der Waals surface area contributed by atoms with Gasteiger partial charge in [-0.15, -0.1) is 0 Å². The first-order valence-electron chi connectivity index (χ1n) is 8.69. The second kappa shape index (κ2) is 6.44. The monoisotopic (exact) mass is 342 g/mol. The molecule has 0 saturated carbocycles. The van der Waals surface area contributed by atoms with Crippen LogP contribution in [-0.2, 0) is 18.4 Å². The fourth-order valence-corrected chi connectivity index (χ4v) is 3.61. The van der Waals surface area contributed by atoms with Crippen molar-refractivity contribution in [3.05, 3.63) is 40.6 Å². The summed E-state index contributed by atoms with van der Waals surface area (Å²) in [6.45, 7) is 3.34. The van der Waals surface area contributed by atoms with Gasteiger partial charge in [-0.05, 0) is 18.4 Å². The Labute approximate surface area is 145 Å². The van der Waals surface area contributed by atoms with Gasteiger partial charge in [-0.25, -0.2) is 4.68 Å². The van der Waals surface area contributed by atoms with Gasteiger partial charge in [0.05, 0.1) is 24.1 Å². The molecule has 8 nitrogen and oxygen atoms in total. The van der Waals surface area contributed by atoms with E-state index in [-0.39, 0.29) is 11.5 Å². The smallest absolute Gasteiger partial charge is 0.266 e. The molecule has 0 aliphatic carbocycles. The third kappa shape index (κ3) is 3.21. The largest absolute Gasteiger partial charge is 0.309 e. The molecular formula is C17H22N6O2. The van der Waals surface area contributed by atoms with E-state index in [1.807, 2.05) is 15.8 Å². The van der Waals surface area contributed by atoms with Crippen molar-refractivity contribution in [1.29, 1.82) is 0 Å². The van der Waals surface area contributed by atoms with Crippen molar-refractivity contribution in [3.8, 4) is 0 Å². The average molecular weight is 342 g/mol. The van der Waals surface area contributed by atoms with Crippen LogP contribution in [0.15, 0.2) is 29.5 Å². The molecule has 2 fully saturated rings. The lowest BCUT2D eigenvalue weighted by Gasteiger charge is -2.16. The zero-order valence-electron chi connectivity index (χ0n) is 14.3. The summed E-state index contributed by atoms with van der Waals surface area (Å²) in [5, 5.41) is 8.55. The molecule has 0 spiro atoms. The number of carbonyl (C=O) groups excluding carboxylic acids is 1. The van der Waals surface area contributed by atoms with E-state index in [4.69, 9.17) is 0 Å². The predicted molar refractivity (Wildman–Crippen MR) is 92.2 cm³/mol. The zero-order chi connectivity index (χ0) is 17.4. The third-order valence-electron chi connectivity index (χ3n) is 5.03. The fourth-order valence-electron chi connectivity index (χ4n) is 3.61. The van der Waals surface area contributed by atoms with E-state index in [0.29, 0.717) is 12.5 Å². The minimum absolute atomic E-state index is 0.0831. The molecule has 2 aromatic rings. The van der Waals surface area contributed by atoms with Crippen LogP contribution in [-0.4, -0.2) is 50.0 Å². The molecule has 2 aliphatic heterocycles. The van der Waals surface area contributed by atoms with Crippen molar-refractivity contribution in [3.63, 3.8) is 0 Å². The summed E-state index contributed by atoms with van der Waals surface area (Å²) in [5.74, 6) is 0.186. The molecule has 132 valence electrons. The zero-order valence-corrected chi connectivity index (χ0v) is 14.3. The molecule has 4 heterocycles. The summed E-state index contributed by atoms with van der Waals surface area (Å²) in [6, 6.07) is 1.94. The number of rotatable bonds is 4. The first-order chi connectivity index (χ1) is 12.1. The summed E-state index contributed by atoms with van der Waals surface area (Å²) >= 11 is 0. The number of carbonyl (C=O) groups is 1. The number of hydrogen-bond donors (Lipinski definition) is 0. The Morgan fingerprint density at radius 1 is 1.20 bits per heavy atom. The molecule has 1 unspecified atom stereocenters. The molecule has 0 aromatic carbocycles. The molecule has 0 radical (unpaired) electrons. The topological polar surface area (TPSA) is 76.3 Å². The number of hydrogen-bond acceptors (Lipinski definition) is 5. The maximum atomic E-state index is 11.9. The highest BCUT2D eigenvalue weighted by molar-refractivity contribution is 5.95. The van der Waals surface area contributed by atoms with Gasteiger partial charge in [0.15, 0.2) is 0 Å². The second-order valence-corrected chi connectivity index (χ2v) is 6.83. The number of anilines is 1. The highest BCUT2D eigenvalue weighted by Gasteiger charge is 2.27. The first kappa shape index (κ1) is 16.0. The van der Waals surface area contributed by atoms with E-state index in [1.54, 1.807) is 25.5 Å². The van der Waals surface area contributed by atoms with E-state index < -0.39 is 0 Å². The minimum atomic E-state index is -0.0831. The van der Waals surface area contributed by atoms with Gasteiger partial charge in [-0.1, -0.05) is 0 Å². The Balaban J connectivity index is 1.40. The van der Waals surface area contributed by atoms with Gasteiger partial charge in [-0.2, -0.15) is 10.2 Å². The molecule has 2 aromatic heterocycles. The fraction of sp³-hybridized carbons (Fsp3) is 0.529. The molecule has 2 aliphatic rings. The van der Waals surface area contributed by atoms with Crippen molar-refractivity contribution >= 4 is 11.6 Å². The van der Waals surface area contributed by atoms with Crippen LogP contribution in [0.3, 0.4) is 0 Å². The third-order valence-corrected chi connectivity index (χ3v) is 5.03. The standard InChI is InChI=1S/C17H22N6O2/c1-20-17(25)7-13(8-18-20)10-21-6-4-14(11-21)23-12-15(9-19-23)22-5-2-3-16(22)24/h7-9,12,14H,2-6,10-11H2,1H3. The molecule has 8 heteroatoms. The number of nitrogens with zero attached hydrogens (tertiary/aromatic N) is 6. The molecule has 2 saturated heterocycles. The highest BCUT2D eigenvalue weighted by atomic mass is 16.2. The maximum Gasteiger partial charge on any atom is 0.266 e. The SMILES string of the molecule is Cn1ncc(CN2CCC(n3cc(N4CCCC4=O)cn3)C2)cc1=O. The molecule has 25 heavy (non-hydrogen) atoms. The van der Waals surface area contributed by atoms with Gasteiger partial charge in [0, 0.05) is 51.9 Å². The lowest BCUT2D eigenvalue weighted by Crippen LogP contribution is -2.24. The number of aryl methyl sites for hydroxylation is 1. The lowest BCUT2D eigenvalue weighted by molar-refractivity contribution is -0.117. The molecule has 1 atom stereocenters. The van der Waals surface area contributed by atoms with Gasteiger partial charge >= 0.3 is 0 Å². The van der Waals surface area contributed by atoms with Crippen molar-refractivity contribution in [1.82, 2.24) is 24.5 Å². The summed E-state index contributed by atoms with van der Waals surface area (Å²) in [7, 11) is 1.65. The van der Waals surface area contributed by atoms with Gasteiger partial charge < -0.3 is 4.90 Å². The van der Waals surface area contributed by atoms with Gasteiger partial charge in [0.2, 0.25) is 5.91 Å². The lowest BCUT2D eigenvalue weighted by atomic mass is 10.3. The van der Waals surface area contributed by atoms with Crippen LogP contribution in [0.4, 0.5) is 5.69 Å². The van der Waals surface area contributed by atoms with Crippen LogP contribution in [0, 0.1) is 0 Å². The first-order valence-corrected chi connectivity index (χ1v) is 8.69. The average Bonchev–Trinajstić information content (AvgIpc) is 3.31. The summed E-state index contributed by atoms with van der Waals surface area (Å²) in [5.41, 5.74) is 1.75. The number of aromatic nitrogens is 4. The minimum Gasteiger partial charge on any atom is -0.309 e.